The van der Waals surface area contributed by atoms with E-state index in [9.17, 15) is 14.7 Å². The number of carbonyl (C=O) groups excluding carboxylic acids is 1. The number of aromatic hydroxyl groups is 1. The predicted molar refractivity (Wildman–Crippen MR) is 126 cm³/mol. The van der Waals surface area contributed by atoms with Crippen LogP contribution in [0.2, 0.25) is 0 Å². The largest absolute Gasteiger partial charge is 0.507 e. The van der Waals surface area contributed by atoms with E-state index < -0.39 is 17.3 Å². The molecule has 2 aliphatic heterocycles. The van der Waals surface area contributed by atoms with Crippen LogP contribution in [0.4, 0.5) is 0 Å². The Balaban J connectivity index is 1.54. The molecule has 2 aliphatic rings. The van der Waals surface area contributed by atoms with Crippen molar-refractivity contribution in [2.24, 2.45) is 0 Å². The summed E-state index contributed by atoms with van der Waals surface area (Å²) in [6.45, 7) is 0.899. The summed E-state index contributed by atoms with van der Waals surface area (Å²) in [4.78, 5) is 25.9. The lowest BCUT2D eigenvalue weighted by Gasteiger charge is -2.27. The minimum absolute atomic E-state index is 0.0255. The second-order valence-electron chi connectivity index (χ2n) is 8.35. The molecule has 6 rings (SSSR count). The SMILES string of the molecule is COc1ccc(-c2coc3c4c(cc(O)c3c2=O)OC(=O)C[C@@H]4c2ccc3c(c2)OCCO3)cc1. The van der Waals surface area contributed by atoms with Crippen LogP contribution in [0.25, 0.3) is 22.1 Å². The van der Waals surface area contributed by atoms with Crippen LogP contribution < -0.4 is 24.4 Å². The number of phenols is 1. The lowest BCUT2D eigenvalue weighted by molar-refractivity contribution is -0.135. The third kappa shape index (κ3) is 3.45. The van der Waals surface area contributed by atoms with Crippen LogP contribution >= 0.6 is 0 Å². The van der Waals surface area contributed by atoms with Crippen molar-refractivity contribution in [3.8, 4) is 39.9 Å². The zero-order chi connectivity index (χ0) is 24.1. The van der Waals surface area contributed by atoms with Crippen molar-refractivity contribution >= 4 is 16.9 Å². The average Bonchev–Trinajstić information content (AvgIpc) is 2.88. The molecule has 0 unspecified atom stereocenters. The molecule has 176 valence electrons. The van der Waals surface area contributed by atoms with E-state index in [1.54, 1.807) is 37.4 Å². The van der Waals surface area contributed by atoms with E-state index in [0.29, 0.717) is 47.2 Å². The average molecular weight is 472 g/mol. The molecule has 3 aromatic carbocycles. The number of hydrogen-bond donors (Lipinski definition) is 1. The molecule has 8 nitrogen and oxygen atoms in total. The first kappa shape index (κ1) is 21.1. The zero-order valence-electron chi connectivity index (χ0n) is 18.7. The molecule has 3 heterocycles. The molecule has 1 aromatic heterocycles. The summed E-state index contributed by atoms with van der Waals surface area (Å²) in [5, 5.41) is 10.8. The van der Waals surface area contributed by atoms with Crippen LogP contribution in [0.15, 0.2) is 64.0 Å². The molecule has 1 atom stereocenters. The number of rotatable bonds is 3. The lowest BCUT2D eigenvalue weighted by atomic mass is 9.84. The van der Waals surface area contributed by atoms with Crippen LogP contribution in [0, 0.1) is 0 Å². The summed E-state index contributed by atoms with van der Waals surface area (Å²) in [5.41, 5.74) is 1.99. The molecule has 0 radical (unpaired) electrons. The highest BCUT2D eigenvalue weighted by Gasteiger charge is 2.34. The van der Waals surface area contributed by atoms with Crippen molar-refractivity contribution in [2.75, 3.05) is 20.3 Å². The highest BCUT2D eigenvalue weighted by molar-refractivity contribution is 5.94. The number of hydrogen-bond acceptors (Lipinski definition) is 8. The van der Waals surface area contributed by atoms with Crippen molar-refractivity contribution in [1.29, 1.82) is 0 Å². The van der Waals surface area contributed by atoms with Gasteiger partial charge >= 0.3 is 5.97 Å². The Morgan fingerprint density at radius 1 is 0.943 bits per heavy atom. The fourth-order valence-electron chi connectivity index (χ4n) is 4.66. The normalized spacial score (nSPS) is 16.5. The second kappa shape index (κ2) is 8.09. The number of methoxy groups -OCH3 is 1. The Bertz CT molecular complexity index is 1530. The highest BCUT2D eigenvalue weighted by atomic mass is 16.6. The Morgan fingerprint density at radius 3 is 2.49 bits per heavy atom. The number of phenolic OH excluding ortho intramolecular Hbond substituents is 1. The maximum atomic E-state index is 13.5. The van der Waals surface area contributed by atoms with E-state index in [-0.39, 0.29) is 28.9 Å². The molecular weight excluding hydrogens is 452 g/mol. The molecule has 0 saturated carbocycles. The third-order valence-electron chi connectivity index (χ3n) is 6.34. The maximum absolute atomic E-state index is 13.5. The standard InChI is InChI=1S/C27H20O8/c1-31-16-5-2-14(3-6-16)18-13-34-27-24-17(15-4-7-20-21(10-15)33-9-8-32-20)11-23(29)35-22(24)12-19(28)25(27)26(18)30/h2-7,10,12-13,17,28H,8-9,11H2,1H3/t17-/m1/s1. The van der Waals surface area contributed by atoms with E-state index in [1.165, 1.54) is 12.3 Å². The van der Waals surface area contributed by atoms with Crippen LogP contribution in [0.3, 0.4) is 0 Å². The van der Waals surface area contributed by atoms with Gasteiger partial charge in [0.25, 0.3) is 0 Å². The summed E-state index contributed by atoms with van der Waals surface area (Å²) in [5.74, 6) is 0.781. The quantitative estimate of drug-likeness (QED) is 0.346. The van der Waals surface area contributed by atoms with E-state index in [4.69, 9.17) is 23.4 Å². The fourth-order valence-corrected chi connectivity index (χ4v) is 4.66. The van der Waals surface area contributed by atoms with E-state index in [0.717, 1.165) is 5.56 Å². The molecule has 0 saturated heterocycles. The predicted octanol–water partition coefficient (Wildman–Crippen LogP) is 4.39. The number of benzene rings is 3. The van der Waals surface area contributed by atoms with Gasteiger partial charge in [-0.3, -0.25) is 9.59 Å². The summed E-state index contributed by atoms with van der Waals surface area (Å²) >= 11 is 0. The van der Waals surface area contributed by atoms with Gasteiger partial charge in [0.05, 0.1) is 19.1 Å². The van der Waals surface area contributed by atoms with E-state index in [1.807, 2.05) is 12.1 Å². The van der Waals surface area contributed by atoms with Gasteiger partial charge in [-0.25, -0.2) is 0 Å². The van der Waals surface area contributed by atoms with Crippen molar-refractivity contribution in [3.05, 3.63) is 76.1 Å². The van der Waals surface area contributed by atoms with Gasteiger partial charge in [0.1, 0.15) is 47.7 Å². The van der Waals surface area contributed by atoms with Crippen molar-refractivity contribution in [1.82, 2.24) is 0 Å². The van der Waals surface area contributed by atoms with Crippen LogP contribution in [-0.2, 0) is 4.79 Å². The molecular formula is C27H20O8. The first-order valence-electron chi connectivity index (χ1n) is 11.1. The smallest absolute Gasteiger partial charge is 0.312 e. The molecule has 35 heavy (non-hydrogen) atoms. The summed E-state index contributed by atoms with van der Waals surface area (Å²) in [7, 11) is 1.56. The minimum Gasteiger partial charge on any atom is -0.507 e. The number of ether oxygens (including phenoxy) is 4. The van der Waals surface area contributed by atoms with Crippen molar-refractivity contribution in [2.45, 2.75) is 12.3 Å². The van der Waals surface area contributed by atoms with Gasteiger partial charge in [0.15, 0.2) is 11.5 Å². The van der Waals surface area contributed by atoms with Gasteiger partial charge in [-0.15, -0.1) is 0 Å². The van der Waals surface area contributed by atoms with E-state index >= 15 is 0 Å². The molecule has 1 N–H and O–H groups in total. The summed E-state index contributed by atoms with van der Waals surface area (Å²) < 4.78 is 27.9. The molecule has 8 heteroatoms. The Kier molecular flexibility index (Phi) is 4.88. The summed E-state index contributed by atoms with van der Waals surface area (Å²) in [6.07, 6.45) is 1.40. The molecule has 0 bridgehead atoms. The Morgan fingerprint density at radius 2 is 1.71 bits per heavy atom. The fraction of sp³-hybridized carbons (Fsp3) is 0.185. The Labute approximate surface area is 199 Å². The molecule has 4 aromatic rings. The van der Waals surface area contributed by atoms with Crippen molar-refractivity contribution < 1.29 is 33.3 Å². The topological polar surface area (TPSA) is 104 Å². The monoisotopic (exact) mass is 472 g/mol. The zero-order valence-corrected chi connectivity index (χ0v) is 18.7. The molecule has 0 fully saturated rings. The molecule has 0 amide bonds. The maximum Gasteiger partial charge on any atom is 0.312 e. The molecule has 0 aliphatic carbocycles. The first-order chi connectivity index (χ1) is 17.0. The van der Waals surface area contributed by atoms with Gasteiger partial charge in [0, 0.05) is 17.5 Å². The highest BCUT2D eigenvalue weighted by Crippen LogP contribution is 2.47. The summed E-state index contributed by atoms with van der Waals surface area (Å²) in [6, 6.07) is 13.7. The lowest BCUT2D eigenvalue weighted by Crippen LogP contribution is -2.22. The minimum atomic E-state index is -0.472. The van der Waals surface area contributed by atoms with E-state index in [2.05, 4.69) is 0 Å². The Hall–Kier alpha value is -4.46. The number of esters is 1. The van der Waals surface area contributed by atoms with Gasteiger partial charge in [-0.2, -0.15) is 0 Å². The molecule has 0 spiro atoms. The van der Waals surface area contributed by atoms with Gasteiger partial charge in [-0.1, -0.05) is 18.2 Å². The van der Waals surface area contributed by atoms with Gasteiger partial charge in [0.2, 0.25) is 5.43 Å². The first-order valence-corrected chi connectivity index (χ1v) is 11.1. The van der Waals surface area contributed by atoms with Crippen molar-refractivity contribution in [3.63, 3.8) is 0 Å². The van der Waals surface area contributed by atoms with Gasteiger partial charge in [-0.05, 0) is 35.4 Å². The van der Waals surface area contributed by atoms with Crippen LogP contribution in [0.1, 0.15) is 23.5 Å². The second-order valence-corrected chi connectivity index (χ2v) is 8.35. The van der Waals surface area contributed by atoms with Gasteiger partial charge < -0.3 is 28.5 Å². The van der Waals surface area contributed by atoms with Crippen LogP contribution in [-0.4, -0.2) is 31.4 Å². The third-order valence-corrected chi connectivity index (χ3v) is 6.34. The number of fused-ring (bicyclic) bond motifs is 4. The van der Waals surface area contributed by atoms with Crippen LogP contribution in [0.5, 0.6) is 28.7 Å². The number of carbonyl (C=O) groups is 1.